The van der Waals surface area contributed by atoms with Crippen molar-refractivity contribution in [3.8, 4) is 0 Å². The van der Waals surface area contributed by atoms with Crippen LogP contribution in [-0.2, 0) is 11.3 Å². The number of carbonyl (C=O) groups excluding carboxylic acids is 1. The molecule has 0 aliphatic rings. The van der Waals surface area contributed by atoms with Gasteiger partial charge in [0.05, 0.1) is 11.7 Å². The quantitative estimate of drug-likeness (QED) is 0.841. The molecule has 124 valence electrons. The van der Waals surface area contributed by atoms with Crippen LogP contribution in [0.2, 0.25) is 0 Å². The van der Waals surface area contributed by atoms with E-state index in [1.165, 1.54) is 23.9 Å². The number of aromatic nitrogens is 4. The highest BCUT2D eigenvalue weighted by molar-refractivity contribution is 5.93. The number of hydrogen-bond acceptors (Lipinski definition) is 4. The van der Waals surface area contributed by atoms with E-state index in [0.29, 0.717) is 0 Å². The van der Waals surface area contributed by atoms with Crippen LogP contribution in [-0.4, -0.2) is 36.5 Å². The molecule has 0 radical (unpaired) electrons. The highest BCUT2D eigenvalue weighted by Crippen LogP contribution is 2.17. The van der Waals surface area contributed by atoms with Gasteiger partial charge in [0.2, 0.25) is 0 Å². The first kappa shape index (κ1) is 16.7. The Morgan fingerprint density at radius 3 is 2.65 bits per heavy atom. The number of rotatable bonds is 6. The Morgan fingerprint density at radius 2 is 2.09 bits per heavy atom. The van der Waals surface area contributed by atoms with E-state index in [0.717, 1.165) is 17.8 Å². The van der Waals surface area contributed by atoms with Crippen molar-refractivity contribution in [2.45, 2.75) is 46.3 Å². The van der Waals surface area contributed by atoms with Gasteiger partial charge in [0.15, 0.2) is 0 Å². The van der Waals surface area contributed by atoms with Gasteiger partial charge in [-0.2, -0.15) is 10.2 Å². The molecule has 0 aliphatic carbocycles. The van der Waals surface area contributed by atoms with Gasteiger partial charge in [-0.05, 0) is 33.8 Å². The summed E-state index contributed by atoms with van der Waals surface area (Å²) < 4.78 is 3.01. The minimum Gasteiger partial charge on any atom is -0.480 e. The number of hydrogen-bond donors (Lipinski definition) is 2. The minimum absolute atomic E-state index is 0.215. The number of amides is 1. The number of aliphatic carboxylic acids is 1. The molecule has 2 unspecified atom stereocenters. The molecule has 8 heteroatoms. The van der Waals surface area contributed by atoms with Crippen molar-refractivity contribution in [2.75, 3.05) is 0 Å². The van der Waals surface area contributed by atoms with Gasteiger partial charge in [0.25, 0.3) is 5.91 Å². The zero-order chi connectivity index (χ0) is 17.1. The van der Waals surface area contributed by atoms with E-state index in [9.17, 15) is 9.59 Å². The predicted octanol–water partition coefficient (Wildman–Crippen LogP) is 1.54. The first-order valence-electron chi connectivity index (χ1n) is 7.46. The Bertz CT molecular complexity index is 719. The van der Waals surface area contributed by atoms with Crippen LogP contribution in [0.5, 0.6) is 0 Å². The maximum atomic E-state index is 12.4. The van der Waals surface area contributed by atoms with Crippen LogP contribution < -0.4 is 5.32 Å². The predicted molar refractivity (Wildman–Crippen MR) is 83.1 cm³/mol. The Hall–Kier alpha value is -2.64. The van der Waals surface area contributed by atoms with Crippen molar-refractivity contribution in [2.24, 2.45) is 0 Å². The fourth-order valence-electron chi connectivity index (χ4n) is 2.38. The lowest BCUT2D eigenvalue weighted by Gasteiger charge is -2.15. The fraction of sp³-hybridized carbons (Fsp3) is 0.467. The first-order valence-corrected chi connectivity index (χ1v) is 7.46. The molecule has 2 aromatic heterocycles. The molecule has 2 atom stereocenters. The SMILES string of the molecule is CCn1cc(C(C)NC(=O)c2ccnn2C(C)C(=O)O)c(C)n1. The number of nitrogens with zero attached hydrogens (tertiary/aromatic N) is 4. The summed E-state index contributed by atoms with van der Waals surface area (Å²) in [5.41, 5.74) is 2.00. The molecule has 0 saturated carbocycles. The van der Waals surface area contributed by atoms with E-state index in [1.54, 1.807) is 0 Å². The molecule has 2 aromatic rings. The van der Waals surface area contributed by atoms with Crippen LogP contribution >= 0.6 is 0 Å². The average molecular weight is 319 g/mol. The molecule has 0 bridgehead atoms. The van der Waals surface area contributed by atoms with Crippen LogP contribution in [0.25, 0.3) is 0 Å². The molecule has 2 rings (SSSR count). The zero-order valence-electron chi connectivity index (χ0n) is 13.6. The van der Waals surface area contributed by atoms with E-state index in [2.05, 4.69) is 15.5 Å². The van der Waals surface area contributed by atoms with Gasteiger partial charge in [-0.3, -0.25) is 9.48 Å². The smallest absolute Gasteiger partial charge is 0.328 e. The molecule has 23 heavy (non-hydrogen) atoms. The fourth-order valence-corrected chi connectivity index (χ4v) is 2.38. The van der Waals surface area contributed by atoms with Crippen molar-refractivity contribution in [1.29, 1.82) is 0 Å². The molecule has 2 N–H and O–H groups in total. The molecule has 0 spiro atoms. The summed E-state index contributed by atoms with van der Waals surface area (Å²) in [4.78, 5) is 23.5. The number of nitrogens with one attached hydrogen (secondary N) is 1. The zero-order valence-corrected chi connectivity index (χ0v) is 13.6. The van der Waals surface area contributed by atoms with Gasteiger partial charge in [0, 0.05) is 24.5 Å². The van der Waals surface area contributed by atoms with Gasteiger partial charge in [0.1, 0.15) is 11.7 Å². The Kier molecular flexibility index (Phi) is 4.83. The highest BCUT2D eigenvalue weighted by Gasteiger charge is 2.23. The summed E-state index contributed by atoms with van der Waals surface area (Å²) in [5, 5.41) is 20.2. The molecule has 2 heterocycles. The van der Waals surface area contributed by atoms with E-state index < -0.39 is 12.0 Å². The topological polar surface area (TPSA) is 102 Å². The highest BCUT2D eigenvalue weighted by atomic mass is 16.4. The summed E-state index contributed by atoms with van der Waals surface area (Å²) in [6.07, 6.45) is 3.32. The average Bonchev–Trinajstić information content (AvgIpc) is 3.12. The van der Waals surface area contributed by atoms with Crippen molar-refractivity contribution < 1.29 is 14.7 Å². The largest absolute Gasteiger partial charge is 0.480 e. The van der Waals surface area contributed by atoms with Crippen LogP contribution in [0.15, 0.2) is 18.5 Å². The second-order valence-corrected chi connectivity index (χ2v) is 5.40. The summed E-state index contributed by atoms with van der Waals surface area (Å²) in [5.74, 6) is -1.41. The first-order chi connectivity index (χ1) is 10.8. The minimum atomic E-state index is -1.05. The Morgan fingerprint density at radius 1 is 1.39 bits per heavy atom. The summed E-state index contributed by atoms with van der Waals surface area (Å²) in [6.45, 7) is 7.98. The van der Waals surface area contributed by atoms with Crippen LogP contribution in [0, 0.1) is 6.92 Å². The summed E-state index contributed by atoms with van der Waals surface area (Å²) in [7, 11) is 0. The van der Waals surface area contributed by atoms with E-state index in [1.807, 2.05) is 31.6 Å². The molecule has 1 amide bonds. The molecule has 8 nitrogen and oxygen atoms in total. The summed E-state index contributed by atoms with van der Waals surface area (Å²) in [6, 6.07) is 0.348. The van der Waals surface area contributed by atoms with E-state index in [4.69, 9.17) is 5.11 Å². The summed E-state index contributed by atoms with van der Waals surface area (Å²) >= 11 is 0. The van der Waals surface area contributed by atoms with Crippen molar-refractivity contribution in [1.82, 2.24) is 24.9 Å². The maximum Gasteiger partial charge on any atom is 0.328 e. The van der Waals surface area contributed by atoms with Gasteiger partial charge >= 0.3 is 5.97 Å². The molecule has 0 saturated heterocycles. The second-order valence-electron chi connectivity index (χ2n) is 5.40. The standard InChI is InChI=1S/C15H21N5O3/c1-5-19-8-12(10(3)18-19)9(2)17-14(21)13-6-7-16-20(13)11(4)15(22)23/h6-9,11H,5H2,1-4H3,(H,17,21)(H,22,23). The van der Waals surface area contributed by atoms with Crippen LogP contribution in [0.4, 0.5) is 0 Å². The van der Waals surface area contributed by atoms with Gasteiger partial charge in [-0.25, -0.2) is 9.48 Å². The van der Waals surface area contributed by atoms with Gasteiger partial charge in [-0.15, -0.1) is 0 Å². The molecule has 0 aliphatic heterocycles. The lowest BCUT2D eigenvalue weighted by Crippen LogP contribution is -2.31. The van der Waals surface area contributed by atoms with E-state index in [-0.39, 0.29) is 17.6 Å². The number of aryl methyl sites for hydroxylation is 2. The molecule has 0 aromatic carbocycles. The van der Waals surface area contributed by atoms with Crippen molar-refractivity contribution >= 4 is 11.9 Å². The number of carboxylic acids is 1. The maximum absolute atomic E-state index is 12.4. The third kappa shape index (κ3) is 3.41. The monoisotopic (exact) mass is 319 g/mol. The molecular formula is C15H21N5O3. The normalized spacial score (nSPS) is 13.6. The number of carbonyl (C=O) groups is 2. The van der Waals surface area contributed by atoms with Gasteiger partial charge < -0.3 is 10.4 Å². The Balaban J connectivity index is 2.17. The Labute approximate surface area is 134 Å². The third-order valence-electron chi connectivity index (χ3n) is 3.75. The molecular weight excluding hydrogens is 298 g/mol. The third-order valence-corrected chi connectivity index (χ3v) is 3.75. The second kappa shape index (κ2) is 6.64. The lowest BCUT2D eigenvalue weighted by atomic mass is 10.1. The van der Waals surface area contributed by atoms with E-state index >= 15 is 0 Å². The van der Waals surface area contributed by atoms with Crippen LogP contribution in [0.3, 0.4) is 0 Å². The van der Waals surface area contributed by atoms with Crippen molar-refractivity contribution in [3.05, 3.63) is 35.4 Å². The molecule has 0 fully saturated rings. The van der Waals surface area contributed by atoms with Gasteiger partial charge in [-0.1, -0.05) is 0 Å². The lowest BCUT2D eigenvalue weighted by molar-refractivity contribution is -0.140. The van der Waals surface area contributed by atoms with Crippen LogP contribution in [0.1, 0.15) is 54.6 Å². The van der Waals surface area contributed by atoms with Crippen molar-refractivity contribution in [3.63, 3.8) is 0 Å². The number of carboxylic acid groups (broad SMARTS) is 1.